The highest BCUT2D eigenvalue weighted by Crippen LogP contribution is 2.27. The minimum absolute atomic E-state index is 0.112. The first-order chi connectivity index (χ1) is 13.9. The summed E-state index contributed by atoms with van der Waals surface area (Å²) >= 11 is 1.44. The number of rotatable bonds is 8. The number of ketones is 1. The number of carbonyl (C=O) groups excluding carboxylic acids is 1. The summed E-state index contributed by atoms with van der Waals surface area (Å²) in [6.07, 6.45) is 0. The van der Waals surface area contributed by atoms with Gasteiger partial charge in [-0.25, -0.2) is 0 Å². The first-order valence-electron chi connectivity index (χ1n) is 9.70. The summed E-state index contributed by atoms with van der Waals surface area (Å²) in [5.74, 6) is 2.49. The van der Waals surface area contributed by atoms with E-state index in [1.54, 1.807) is 7.11 Å². The van der Waals surface area contributed by atoms with Crippen molar-refractivity contribution in [3.63, 3.8) is 0 Å². The van der Waals surface area contributed by atoms with Crippen molar-refractivity contribution in [2.75, 3.05) is 12.9 Å². The number of ether oxygens (including phenoxy) is 1. The second-order valence-electron chi connectivity index (χ2n) is 7.57. The minimum Gasteiger partial charge on any atom is -0.497 e. The fourth-order valence-corrected chi connectivity index (χ4v) is 3.95. The fourth-order valence-electron chi connectivity index (χ4n) is 3.12. The Morgan fingerprint density at radius 3 is 2.48 bits per heavy atom. The van der Waals surface area contributed by atoms with Crippen LogP contribution < -0.4 is 4.74 Å². The van der Waals surface area contributed by atoms with Gasteiger partial charge < -0.3 is 9.30 Å². The van der Waals surface area contributed by atoms with Gasteiger partial charge >= 0.3 is 0 Å². The molecule has 1 heterocycles. The Kier molecular flexibility index (Phi) is 6.75. The number of benzene rings is 2. The number of Topliss-reactive ketones (excluding diaryl/α,β-unsaturated/α-hetero) is 1. The molecular weight excluding hydrogens is 382 g/mol. The SMILES string of the molecule is COc1ccc(-c2nnc(SCC(=O)c3cc(C)ccc3C)n2CC(C)C)cc1. The quantitative estimate of drug-likeness (QED) is 0.378. The molecule has 0 radical (unpaired) electrons. The summed E-state index contributed by atoms with van der Waals surface area (Å²) in [5, 5.41) is 9.57. The van der Waals surface area contributed by atoms with E-state index in [4.69, 9.17) is 4.74 Å². The van der Waals surface area contributed by atoms with Crippen molar-refractivity contribution >= 4 is 17.5 Å². The molecule has 3 rings (SSSR count). The smallest absolute Gasteiger partial charge is 0.191 e. The van der Waals surface area contributed by atoms with Crippen LogP contribution in [0.25, 0.3) is 11.4 Å². The molecule has 1 aromatic heterocycles. The van der Waals surface area contributed by atoms with E-state index in [-0.39, 0.29) is 5.78 Å². The highest BCUT2D eigenvalue weighted by molar-refractivity contribution is 7.99. The van der Waals surface area contributed by atoms with Gasteiger partial charge in [0, 0.05) is 17.7 Å². The molecule has 0 amide bonds. The summed E-state index contributed by atoms with van der Waals surface area (Å²) in [6.45, 7) is 9.08. The van der Waals surface area contributed by atoms with Gasteiger partial charge in [0.2, 0.25) is 0 Å². The van der Waals surface area contributed by atoms with Gasteiger partial charge in [0.15, 0.2) is 16.8 Å². The Hall–Kier alpha value is -2.60. The number of thioether (sulfide) groups is 1. The van der Waals surface area contributed by atoms with E-state index in [2.05, 4.69) is 28.6 Å². The number of hydrogen-bond acceptors (Lipinski definition) is 5. The van der Waals surface area contributed by atoms with Crippen LogP contribution in [0.3, 0.4) is 0 Å². The van der Waals surface area contributed by atoms with E-state index in [1.165, 1.54) is 11.8 Å². The lowest BCUT2D eigenvalue weighted by atomic mass is 10.0. The predicted molar refractivity (Wildman–Crippen MR) is 118 cm³/mol. The zero-order valence-corrected chi connectivity index (χ0v) is 18.4. The zero-order chi connectivity index (χ0) is 21.0. The van der Waals surface area contributed by atoms with Crippen LogP contribution in [0.2, 0.25) is 0 Å². The first-order valence-corrected chi connectivity index (χ1v) is 10.7. The van der Waals surface area contributed by atoms with Crippen molar-refractivity contribution in [2.24, 2.45) is 5.92 Å². The average Bonchev–Trinajstić information content (AvgIpc) is 3.09. The lowest BCUT2D eigenvalue weighted by molar-refractivity contribution is 0.102. The van der Waals surface area contributed by atoms with Gasteiger partial charge in [-0.15, -0.1) is 10.2 Å². The molecule has 0 N–H and O–H groups in total. The Bertz CT molecular complexity index is 994. The maximum absolute atomic E-state index is 12.8. The van der Waals surface area contributed by atoms with Gasteiger partial charge in [0.05, 0.1) is 12.9 Å². The maximum Gasteiger partial charge on any atom is 0.191 e. The second-order valence-corrected chi connectivity index (χ2v) is 8.51. The monoisotopic (exact) mass is 409 g/mol. The number of nitrogens with zero attached hydrogens (tertiary/aromatic N) is 3. The standard InChI is InChI=1S/C23H27N3O2S/c1-15(2)13-26-22(18-8-10-19(28-5)11-9-18)24-25-23(26)29-14-21(27)20-12-16(3)6-7-17(20)4/h6-12,15H,13-14H2,1-5H3. The largest absolute Gasteiger partial charge is 0.497 e. The van der Waals surface area contributed by atoms with Crippen LogP contribution >= 0.6 is 11.8 Å². The van der Waals surface area contributed by atoms with Gasteiger partial charge in [0.1, 0.15) is 5.75 Å². The molecule has 2 aromatic carbocycles. The molecule has 0 spiro atoms. The molecular formula is C23H27N3O2S. The number of aromatic nitrogens is 3. The maximum atomic E-state index is 12.8. The molecule has 0 atom stereocenters. The lowest BCUT2D eigenvalue weighted by Crippen LogP contribution is -2.10. The Balaban J connectivity index is 1.84. The minimum atomic E-state index is 0.112. The van der Waals surface area contributed by atoms with Gasteiger partial charge in [-0.1, -0.05) is 43.3 Å². The lowest BCUT2D eigenvalue weighted by Gasteiger charge is -2.13. The molecule has 29 heavy (non-hydrogen) atoms. The third-order valence-electron chi connectivity index (χ3n) is 4.64. The van der Waals surface area contributed by atoms with E-state index >= 15 is 0 Å². The van der Waals surface area contributed by atoms with Crippen LogP contribution in [0.4, 0.5) is 0 Å². The highest BCUT2D eigenvalue weighted by atomic mass is 32.2. The summed E-state index contributed by atoms with van der Waals surface area (Å²) in [7, 11) is 1.65. The molecule has 0 aliphatic rings. The molecule has 0 unspecified atom stereocenters. The molecule has 152 valence electrons. The fraction of sp³-hybridized carbons (Fsp3) is 0.348. The number of carbonyl (C=O) groups is 1. The Morgan fingerprint density at radius 2 is 1.83 bits per heavy atom. The summed E-state index contributed by atoms with van der Waals surface area (Å²) in [4.78, 5) is 12.8. The van der Waals surface area contributed by atoms with Gasteiger partial charge in [-0.3, -0.25) is 4.79 Å². The first kappa shape index (κ1) is 21.1. The third-order valence-corrected chi connectivity index (χ3v) is 5.61. The van der Waals surface area contributed by atoms with Crippen molar-refractivity contribution in [1.29, 1.82) is 0 Å². The van der Waals surface area contributed by atoms with Crippen LogP contribution in [0.5, 0.6) is 5.75 Å². The summed E-state index contributed by atoms with van der Waals surface area (Å²) < 4.78 is 7.35. The van der Waals surface area contributed by atoms with Gasteiger partial charge in [0.25, 0.3) is 0 Å². The van der Waals surface area contributed by atoms with Crippen molar-refractivity contribution in [3.05, 3.63) is 59.2 Å². The Labute approximate surface area is 176 Å². The highest BCUT2D eigenvalue weighted by Gasteiger charge is 2.18. The van der Waals surface area contributed by atoms with E-state index < -0.39 is 0 Å². The van der Waals surface area contributed by atoms with E-state index in [9.17, 15) is 4.79 Å². The molecule has 6 heteroatoms. The van der Waals surface area contributed by atoms with Crippen LogP contribution in [-0.2, 0) is 6.54 Å². The topological polar surface area (TPSA) is 57.0 Å². The van der Waals surface area contributed by atoms with Crippen LogP contribution in [0, 0.1) is 19.8 Å². The van der Waals surface area contributed by atoms with E-state index in [0.717, 1.165) is 45.5 Å². The zero-order valence-electron chi connectivity index (χ0n) is 17.6. The second kappa shape index (κ2) is 9.27. The summed E-state index contributed by atoms with van der Waals surface area (Å²) in [5.41, 5.74) is 3.85. The molecule has 3 aromatic rings. The van der Waals surface area contributed by atoms with Crippen molar-refractivity contribution in [3.8, 4) is 17.1 Å². The van der Waals surface area contributed by atoms with Gasteiger partial charge in [-0.05, 0) is 55.7 Å². The predicted octanol–water partition coefficient (Wildman–Crippen LogP) is 5.20. The molecule has 5 nitrogen and oxygen atoms in total. The van der Waals surface area contributed by atoms with Crippen LogP contribution in [0.1, 0.15) is 35.3 Å². The van der Waals surface area contributed by atoms with Crippen LogP contribution in [0.15, 0.2) is 47.6 Å². The molecule has 0 bridgehead atoms. The molecule has 0 saturated carbocycles. The summed E-state index contributed by atoms with van der Waals surface area (Å²) in [6, 6.07) is 13.8. The van der Waals surface area contributed by atoms with Crippen molar-refractivity contribution in [1.82, 2.24) is 14.8 Å². The average molecular weight is 410 g/mol. The van der Waals surface area contributed by atoms with Crippen LogP contribution in [-0.4, -0.2) is 33.4 Å². The van der Waals surface area contributed by atoms with E-state index in [0.29, 0.717) is 11.7 Å². The van der Waals surface area contributed by atoms with Crippen molar-refractivity contribution in [2.45, 2.75) is 39.4 Å². The Morgan fingerprint density at radius 1 is 1.10 bits per heavy atom. The molecule has 0 aliphatic heterocycles. The number of aryl methyl sites for hydroxylation is 2. The third kappa shape index (κ3) is 5.07. The van der Waals surface area contributed by atoms with Gasteiger partial charge in [-0.2, -0.15) is 0 Å². The van der Waals surface area contributed by atoms with Crippen molar-refractivity contribution < 1.29 is 9.53 Å². The van der Waals surface area contributed by atoms with E-state index in [1.807, 2.05) is 56.3 Å². The molecule has 0 saturated heterocycles. The normalized spacial score (nSPS) is 11.1. The molecule has 0 aliphatic carbocycles. The number of hydrogen-bond donors (Lipinski definition) is 0. The number of methoxy groups -OCH3 is 1. The molecule has 0 fully saturated rings.